The average molecular weight is 369 g/mol. The number of rotatable bonds is 4. The molecule has 136 valence electrons. The van der Waals surface area contributed by atoms with Gasteiger partial charge in [0.25, 0.3) is 5.91 Å². The van der Waals surface area contributed by atoms with Gasteiger partial charge in [0.1, 0.15) is 0 Å². The van der Waals surface area contributed by atoms with Gasteiger partial charge in [-0.2, -0.15) is 18.3 Å². The Morgan fingerprint density at radius 2 is 1.48 bits per heavy atom. The molecule has 3 aromatic rings. The van der Waals surface area contributed by atoms with Gasteiger partial charge < -0.3 is 0 Å². The fraction of sp³-hybridized carbons (Fsp3) is 0.0500. The Morgan fingerprint density at radius 3 is 2.07 bits per heavy atom. The van der Waals surface area contributed by atoms with Crippen LogP contribution >= 0.6 is 0 Å². The second-order valence-corrected chi connectivity index (χ2v) is 5.58. The summed E-state index contributed by atoms with van der Waals surface area (Å²) >= 11 is 0. The molecular weight excluding hydrogens is 355 g/mol. The van der Waals surface area contributed by atoms with Crippen molar-refractivity contribution in [2.45, 2.75) is 6.18 Å². The SMILES string of the molecule is O=C(N/N=C(\c1ccccc1)c1ccc(C(F)(F)F)cc1)c1cccnc1. The van der Waals surface area contributed by atoms with E-state index >= 15 is 0 Å². The Bertz CT molecular complexity index is 938. The van der Waals surface area contributed by atoms with E-state index in [1.54, 1.807) is 36.4 Å². The molecule has 1 amide bonds. The molecule has 0 fully saturated rings. The Balaban J connectivity index is 1.93. The molecule has 0 saturated carbocycles. The summed E-state index contributed by atoms with van der Waals surface area (Å²) in [6, 6.07) is 16.7. The summed E-state index contributed by atoms with van der Waals surface area (Å²) in [5, 5.41) is 4.14. The number of hydrogen-bond acceptors (Lipinski definition) is 3. The van der Waals surface area contributed by atoms with Crippen LogP contribution in [-0.2, 0) is 6.18 Å². The minimum atomic E-state index is -4.42. The number of pyridine rings is 1. The number of aromatic nitrogens is 1. The van der Waals surface area contributed by atoms with Crippen LogP contribution in [-0.4, -0.2) is 16.6 Å². The highest BCUT2D eigenvalue weighted by Gasteiger charge is 2.30. The minimum absolute atomic E-state index is 0.320. The zero-order valence-electron chi connectivity index (χ0n) is 13.9. The smallest absolute Gasteiger partial charge is 0.267 e. The first-order valence-corrected chi connectivity index (χ1v) is 7.96. The van der Waals surface area contributed by atoms with Crippen molar-refractivity contribution in [2.24, 2.45) is 5.10 Å². The molecule has 0 saturated heterocycles. The standard InChI is InChI=1S/C20H14F3N3O/c21-20(22,23)17-10-8-15(9-11-17)18(14-5-2-1-3-6-14)25-26-19(27)16-7-4-12-24-13-16/h1-13H,(H,26,27)/b25-18+. The fourth-order valence-electron chi connectivity index (χ4n) is 2.38. The fourth-order valence-corrected chi connectivity index (χ4v) is 2.38. The van der Waals surface area contributed by atoms with Crippen molar-refractivity contribution >= 4 is 11.6 Å². The van der Waals surface area contributed by atoms with Crippen molar-refractivity contribution < 1.29 is 18.0 Å². The predicted molar refractivity (Wildman–Crippen MR) is 95.2 cm³/mol. The molecule has 4 nitrogen and oxygen atoms in total. The number of nitrogens with zero attached hydrogens (tertiary/aromatic N) is 2. The summed E-state index contributed by atoms with van der Waals surface area (Å²) < 4.78 is 38.4. The van der Waals surface area contributed by atoms with Crippen LogP contribution in [0.2, 0.25) is 0 Å². The number of amides is 1. The van der Waals surface area contributed by atoms with E-state index in [-0.39, 0.29) is 0 Å². The van der Waals surface area contributed by atoms with E-state index in [1.165, 1.54) is 24.5 Å². The van der Waals surface area contributed by atoms with E-state index < -0.39 is 17.6 Å². The van der Waals surface area contributed by atoms with Crippen molar-refractivity contribution in [1.29, 1.82) is 0 Å². The Labute approximate surface area is 153 Å². The molecule has 0 radical (unpaired) electrons. The third-order valence-corrected chi connectivity index (χ3v) is 3.73. The molecule has 0 aliphatic carbocycles. The number of hydrogen-bond donors (Lipinski definition) is 1. The van der Waals surface area contributed by atoms with Gasteiger partial charge in [0.05, 0.1) is 16.8 Å². The van der Waals surface area contributed by atoms with Crippen LogP contribution in [0.3, 0.4) is 0 Å². The predicted octanol–water partition coefficient (Wildman–Crippen LogP) is 4.28. The summed E-state index contributed by atoms with van der Waals surface area (Å²) in [5.74, 6) is -0.469. The highest BCUT2D eigenvalue weighted by atomic mass is 19.4. The van der Waals surface area contributed by atoms with Gasteiger partial charge in [-0.1, -0.05) is 42.5 Å². The molecule has 0 spiro atoms. The van der Waals surface area contributed by atoms with Crippen LogP contribution in [0, 0.1) is 0 Å². The molecule has 1 N–H and O–H groups in total. The van der Waals surface area contributed by atoms with Gasteiger partial charge in [0, 0.05) is 23.5 Å². The molecule has 3 rings (SSSR count). The lowest BCUT2D eigenvalue weighted by atomic mass is 10.0. The third kappa shape index (κ3) is 4.58. The molecule has 0 bridgehead atoms. The minimum Gasteiger partial charge on any atom is -0.267 e. The van der Waals surface area contributed by atoms with Gasteiger partial charge in [-0.15, -0.1) is 0 Å². The van der Waals surface area contributed by atoms with Gasteiger partial charge in [-0.25, -0.2) is 5.43 Å². The highest BCUT2D eigenvalue weighted by Crippen LogP contribution is 2.29. The second-order valence-electron chi connectivity index (χ2n) is 5.58. The van der Waals surface area contributed by atoms with E-state index in [2.05, 4.69) is 15.5 Å². The van der Waals surface area contributed by atoms with Gasteiger partial charge in [-0.05, 0) is 24.3 Å². The number of carbonyl (C=O) groups excluding carboxylic acids is 1. The maximum absolute atomic E-state index is 12.8. The summed E-state index contributed by atoms with van der Waals surface area (Å²) in [6.07, 6.45) is -1.49. The van der Waals surface area contributed by atoms with Crippen molar-refractivity contribution in [3.05, 3.63) is 101 Å². The first kappa shape index (κ1) is 18.3. The maximum atomic E-state index is 12.8. The van der Waals surface area contributed by atoms with E-state index in [1.807, 2.05) is 6.07 Å². The zero-order chi connectivity index (χ0) is 19.3. The number of hydrazone groups is 1. The van der Waals surface area contributed by atoms with Crippen molar-refractivity contribution in [1.82, 2.24) is 10.4 Å². The molecule has 1 heterocycles. The number of halogens is 3. The van der Waals surface area contributed by atoms with Crippen LogP contribution in [0.15, 0.2) is 84.2 Å². The lowest BCUT2D eigenvalue weighted by molar-refractivity contribution is -0.137. The van der Waals surface area contributed by atoms with E-state index in [0.717, 1.165) is 12.1 Å². The summed E-state index contributed by atoms with van der Waals surface area (Å²) in [4.78, 5) is 16.1. The van der Waals surface area contributed by atoms with Gasteiger partial charge in [0.2, 0.25) is 0 Å². The lowest BCUT2D eigenvalue weighted by Crippen LogP contribution is -2.20. The van der Waals surface area contributed by atoms with Crippen molar-refractivity contribution in [2.75, 3.05) is 0 Å². The Morgan fingerprint density at radius 1 is 0.852 bits per heavy atom. The molecule has 0 unspecified atom stereocenters. The molecule has 2 aromatic carbocycles. The van der Waals surface area contributed by atoms with Gasteiger partial charge in [-0.3, -0.25) is 9.78 Å². The Kier molecular flexibility index (Phi) is 5.30. The zero-order valence-corrected chi connectivity index (χ0v) is 13.9. The molecular formula is C20H14F3N3O. The lowest BCUT2D eigenvalue weighted by Gasteiger charge is -2.10. The highest BCUT2D eigenvalue weighted by molar-refractivity contribution is 6.13. The molecule has 27 heavy (non-hydrogen) atoms. The number of nitrogens with one attached hydrogen (secondary N) is 1. The third-order valence-electron chi connectivity index (χ3n) is 3.73. The monoisotopic (exact) mass is 369 g/mol. The molecule has 0 aliphatic rings. The number of alkyl halides is 3. The van der Waals surface area contributed by atoms with Gasteiger partial charge in [0.15, 0.2) is 0 Å². The van der Waals surface area contributed by atoms with Gasteiger partial charge >= 0.3 is 6.18 Å². The van der Waals surface area contributed by atoms with Crippen LogP contribution in [0.1, 0.15) is 27.0 Å². The van der Waals surface area contributed by atoms with Crippen molar-refractivity contribution in [3.8, 4) is 0 Å². The largest absolute Gasteiger partial charge is 0.416 e. The summed E-state index contributed by atoms with van der Waals surface area (Å²) in [5.41, 5.74) is 3.45. The van der Waals surface area contributed by atoms with Crippen molar-refractivity contribution in [3.63, 3.8) is 0 Å². The number of benzene rings is 2. The Hall–Kier alpha value is -3.48. The molecule has 0 aliphatic heterocycles. The quantitative estimate of drug-likeness (QED) is 0.551. The second kappa shape index (κ2) is 7.82. The molecule has 1 aromatic heterocycles. The van der Waals surface area contributed by atoms with Crippen LogP contribution < -0.4 is 5.43 Å². The molecule has 0 atom stereocenters. The van der Waals surface area contributed by atoms with E-state index in [4.69, 9.17) is 0 Å². The first-order chi connectivity index (χ1) is 12.9. The average Bonchev–Trinajstić information content (AvgIpc) is 2.69. The molecule has 7 heteroatoms. The maximum Gasteiger partial charge on any atom is 0.416 e. The van der Waals surface area contributed by atoms with Crippen LogP contribution in [0.5, 0.6) is 0 Å². The first-order valence-electron chi connectivity index (χ1n) is 7.96. The number of carbonyl (C=O) groups is 1. The van der Waals surface area contributed by atoms with E-state index in [0.29, 0.717) is 22.4 Å². The topological polar surface area (TPSA) is 54.4 Å². The van der Waals surface area contributed by atoms with Crippen LogP contribution in [0.4, 0.5) is 13.2 Å². The van der Waals surface area contributed by atoms with Crippen LogP contribution in [0.25, 0.3) is 0 Å². The summed E-state index contributed by atoms with van der Waals surface area (Å²) in [6.45, 7) is 0. The summed E-state index contributed by atoms with van der Waals surface area (Å²) in [7, 11) is 0. The normalized spacial score (nSPS) is 11.9. The van der Waals surface area contributed by atoms with E-state index in [9.17, 15) is 18.0 Å².